The van der Waals surface area contributed by atoms with Gasteiger partial charge in [0.2, 0.25) is 11.8 Å². The molecule has 210 valence electrons. The molecule has 4 aromatic rings. The lowest BCUT2D eigenvalue weighted by Crippen LogP contribution is -2.31. The van der Waals surface area contributed by atoms with Crippen molar-refractivity contribution in [1.29, 1.82) is 0 Å². The van der Waals surface area contributed by atoms with Crippen molar-refractivity contribution in [2.24, 2.45) is 0 Å². The summed E-state index contributed by atoms with van der Waals surface area (Å²) in [5, 5.41) is 4.76. The fourth-order valence-corrected chi connectivity index (χ4v) is 5.65. The molecule has 0 bridgehead atoms. The van der Waals surface area contributed by atoms with E-state index >= 15 is 0 Å². The van der Waals surface area contributed by atoms with E-state index in [1.165, 1.54) is 40.9 Å². The SMILES string of the molecule is O=C(Nc1cccc(SC2CC(=O)N(c3ccc(Br)cc3)C2=O)c1)C(=Cc1cccc(F)c1)NC(=O)c1ccccc1. The Morgan fingerprint density at radius 3 is 2.38 bits per heavy atom. The maximum atomic E-state index is 13.8. The molecule has 4 amide bonds. The number of nitrogens with zero attached hydrogens (tertiary/aromatic N) is 1. The summed E-state index contributed by atoms with van der Waals surface area (Å²) in [5.41, 5.74) is 1.56. The molecule has 0 spiro atoms. The third-order valence-corrected chi connectivity index (χ3v) is 7.96. The Morgan fingerprint density at radius 1 is 0.905 bits per heavy atom. The van der Waals surface area contributed by atoms with Gasteiger partial charge < -0.3 is 10.6 Å². The summed E-state index contributed by atoms with van der Waals surface area (Å²) in [6.07, 6.45) is 1.43. The number of benzene rings is 4. The number of hydrogen-bond donors (Lipinski definition) is 2. The first-order valence-electron chi connectivity index (χ1n) is 12.8. The summed E-state index contributed by atoms with van der Waals surface area (Å²) in [4.78, 5) is 53.8. The first kappa shape index (κ1) is 29.0. The summed E-state index contributed by atoms with van der Waals surface area (Å²) in [5.74, 6) is -2.21. The van der Waals surface area contributed by atoms with Crippen molar-refractivity contribution in [3.63, 3.8) is 0 Å². The lowest BCUT2D eigenvalue weighted by atomic mass is 10.1. The summed E-state index contributed by atoms with van der Waals surface area (Å²) in [6, 6.07) is 27.8. The Labute approximate surface area is 253 Å². The van der Waals surface area contributed by atoms with Crippen molar-refractivity contribution in [2.45, 2.75) is 16.6 Å². The van der Waals surface area contributed by atoms with Gasteiger partial charge in [0.05, 0.1) is 10.9 Å². The van der Waals surface area contributed by atoms with Crippen molar-refractivity contribution < 1.29 is 23.6 Å². The predicted octanol–water partition coefficient (Wildman–Crippen LogP) is 6.42. The number of carbonyl (C=O) groups is 4. The Bertz CT molecular complexity index is 1700. The van der Waals surface area contributed by atoms with Crippen LogP contribution in [0.25, 0.3) is 6.08 Å². The highest BCUT2D eigenvalue weighted by atomic mass is 79.9. The van der Waals surface area contributed by atoms with E-state index in [-0.39, 0.29) is 23.9 Å². The Hall–Kier alpha value is -4.54. The third-order valence-electron chi connectivity index (χ3n) is 6.25. The smallest absolute Gasteiger partial charge is 0.272 e. The molecule has 7 nitrogen and oxygen atoms in total. The zero-order valence-electron chi connectivity index (χ0n) is 21.9. The lowest BCUT2D eigenvalue weighted by molar-refractivity contribution is -0.121. The van der Waals surface area contributed by atoms with Crippen LogP contribution in [0.4, 0.5) is 15.8 Å². The summed E-state index contributed by atoms with van der Waals surface area (Å²) in [6.45, 7) is 0. The topological polar surface area (TPSA) is 95.6 Å². The van der Waals surface area contributed by atoms with E-state index in [1.807, 2.05) is 0 Å². The van der Waals surface area contributed by atoms with Crippen LogP contribution in [-0.2, 0) is 14.4 Å². The van der Waals surface area contributed by atoms with Gasteiger partial charge in [-0.2, -0.15) is 0 Å². The maximum Gasteiger partial charge on any atom is 0.272 e. The molecule has 5 rings (SSSR count). The molecule has 1 unspecified atom stereocenters. The number of thioether (sulfide) groups is 1. The van der Waals surface area contributed by atoms with Crippen LogP contribution in [0, 0.1) is 5.82 Å². The minimum absolute atomic E-state index is 0.0438. The van der Waals surface area contributed by atoms with Crippen molar-refractivity contribution in [3.05, 3.63) is 130 Å². The van der Waals surface area contributed by atoms with Crippen molar-refractivity contribution in [1.82, 2.24) is 5.32 Å². The standard InChI is InChI=1S/C32H23BrFN3O4S/c33-22-12-14-25(15-13-22)37-29(38)19-28(32(37)41)42-26-11-5-10-24(18-26)35-31(40)27(17-20-6-4-9-23(34)16-20)36-30(39)21-7-2-1-3-8-21/h1-18,28H,19H2,(H,35,40)(H,36,39). The number of imide groups is 1. The molecule has 0 saturated carbocycles. The van der Waals surface area contributed by atoms with E-state index in [0.717, 1.165) is 4.47 Å². The Kier molecular flexibility index (Phi) is 8.94. The van der Waals surface area contributed by atoms with Crippen LogP contribution >= 0.6 is 27.7 Å². The van der Waals surface area contributed by atoms with E-state index in [4.69, 9.17) is 0 Å². The van der Waals surface area contributed by atoms with Crippen LogP contribution in [-0.4, -0.2) is 28.9 Å². The van der Waals surface area contributed by atoms with Crippen LogP contribution < -0.4 is 15.5 Å². The highest BCUT2D eigenvalue weighted by Crippen LogP contribution is 2.35. The molecule has 1 heterocycles. The summed E-state index contributed by atoms with van der Waals surface area (Å²) >= 11 is 4.58. The average molecular weight is 645 g/mol. The summed E-state index contributed by atoms with van der Waals surface area (Å²) in [7, 11) is 0. The molecule has 1 saturated heterocycles. The van der Waals surface area contributed by atoms with Crippen LogP contribution in [0.1, 0.15) is 22.3 Å². The van der Waals surface area contributed by atoms with E-state index in [9.17, 15) is 23.6 Å². The fourth-order valence-electron chi connectivity index (χ4n) is 4.27. The zero-order chi connectivity index (χ0) is 29.6. The van der Waals surface area contributed by atoms with Gasteiger partial charge in [0.25, 0.3) is 11.8 Å². The molecular weight excluding hydrogens is 621 g/mol. The molecule has 0 radical (unpaired) electrons. The number of rotatable bonds is 8. The first-order chi connectivity index (χ1) is 20.3. The zero-order valence-corrected chi connectivity index (χ0v) is 24.3. The van der Waals surface area contributed by atoms with Gasteiger partial charge in [-0.3, -0.25) is 19.2 Å². The first-order valence-corrected chi connectivity index (χ1v) is 14.5. The second-order valence-electron chi connectivity index (χ2n) is 9.27. The average Bonchev–Trinajstić information content (AvgIpc) is 3.25. The minimum Gasteiger partial charge on any atom is -0.321 e. The van der Waals surface area contributed by atoms with Crippen LogP contribution in [0.3, 0.4) is 0 Å². The lowest BCUT2D eigenvalue weighted by Gasteiger charge is -2.15. The van der Waals surface area contributed by atoms with Crippen LogP contribution in [0.2, 0.25) is 0 Å². The molecular formula is C32H23BrFN3O4S. The van der Waals surface area contributed by atoms with Gasteiger partial charge in [0.1, 0.15) is 11.5 Å². The molecule has 1 atom stereocenters. The second-order valence-corrected chi connectivity index (χ2v) is 11.5. The van der Waals surface area contributed by atoms with E-state index < -0.39 is 22.9 Å². The fraction of sp³-hybridized carbons (Fsp3) is 0.0625. The van der Waals surface area contributed by atoms with Gasteiger partial charge in [-0.1, -0.05) is 52.3 Å². The van der Waals surface area contributed by atoms with E-state index in [1.54, 1.807) is 84.9 Å². The molecule has 1 aliphatic heterocycles. The molecule has 1 fully saturated rings. The van der Waals surface area contributed by atoms with Gasteiger partial charge in [0, 0.05) is 27.0 Å². The van der Waals surface area contributed by atoms with Gasteiger partial charge in [-0.25, -0.2) is 9.29 Å². The Morgan fingerprint density at radius 2 is 1.64 bits per heavy atom. The largest absolute Gasteiger partial charge is 0.321 e. The number of amides is 4. The van der Waals surface area contributed by atoms with Gasteiger partial charge >= 0.3 is 0 Å². The van der Waals surface area contributed by atoms with Crippen LogP contribution in [0.5, 0.6) is 0 Å². The van der Waals surface area contributed by atoms with Gasteiger partial charge in [-0.15, -0.1) is 11.8 Å². The summed E-state index contributed by atoms with van der Waals surface area (Å²) < 4.78 is 14.7. The third kappa shape index (κ3) is 7.02. The second kappa shape index (κ2) is 13.0. The number of nitrogens with one attached hydrogen (secondary N) is 2. The molecule has 4 aromatic carbocycles. The van der Waals surface area contributed by atoms with Crippen molar-refractivity contribution in [3.8, 4) is 0 Å². The monoisotopic (exact) mass is 643 g/mol. The Balaban J connectivity index is 1.32. The van der Waals surface area contributed by atoms with Gasteiger partial charge in [0.15, 0.2) is 0 Å². The van der Waals surface area contributed by atoms with Crippen molar-refractivity contribution in [2.75, 3.05) is 10.2 Å². The number of carbonyl (C=O) groups excluding carboxylic acids is 4. The van der Waals surface area contributed by atoms with E-state index in [2.05, 4.69) is 26.6 Å². The number of anilines is 2. The van der Waals surface area contributed by atoms with E-state index in [0.29, 0.717) is 27.4 Å². The normalized spacial score (nSPS) is 15.0. The van der Waals surface area contributed by atoms with Gasteiger partial charge in [-0.05, 0) is 78.4 Å². The quantitative estimate of drug-likeness (QED) is 0.171. The maximum absolute atomic E-state index is 13.8. The minimum atomic E-state index is -0.626. The highest BCUT2D eigenvalue weighted by molar-refractivity contribution is 9.10. The molecule has 0 aromatic heterocycles. The highest BCUT2D eigenvalue weighted by Gasteiger charge is 2.40. The molecule has 2 N–H and O–H groups in total. The molecule has 1 aliphatic rings. The number of hydrogen-bond acceptors (Lipinski definition) is 5. The van der Waals surface area contributed by atoms with Crippen LogP contribution in [0.15, 0.2) is 118 Å². The molecule has 10 heteroatoms. The molecule has 42 heavy (non-hydrogen) atoms. The predicted molar refractivity (Wildman–Crippen MR) is 164 cm³/mol. The number of halogens is 2. The molecule has 0 aliphatic carbocycles. The van der Waals surface area contributed by atoms with Crippen molar-refractivity contribution >= 4 is 68.8 Å².